The molecular weight excluding hydrogens is 421 g/mol. The molecular formula is C26H24FN3O3. The second-order valence-corrected chi connectivity index (χ2v) is 8.20. The number of aliphatic hydroxyl groups excluding tert-OH is 1. The van der Waals surface area contributed by atoms with Crippen molar-refractivity contribution in [3.8, 4) is 5.75 Å². The molecule has 33 heavy (non-hydrogen) atoms. The molecule has 5 rings (SSSR count). The van der Waals surface area contributed by atoms with Crippen LogP contribution < -0.4 is 9.64 Å². The molecule has 2 heterocycles. The molecule has 1 aliphatic heterocycles. The molecule has 4 aromatic rings. The van der Waals surface area contributed by atoms with Crippen LogP contribution in [0.1, 0.15) is 18.2 Å². The number of para-hydroxylation sites is 4. The average Bonchev–Trinajstić information content (AvgIpc) is 3.39. The number of amides is 1. The number of aromatic nitrogens is 2. The molecule has 1 aliphatic rings. The van der Waals surface area contributed by atoms with Crippen molar-refractivity contribution < 1.29 is 19.0 Å². The lowest BCUT2D eigenvalue weighted by Gasteiger charge is -2.19. The highest BCUT2D eigenvalue weighted by molar-refractivity contribution is 5.96. The highest BCUT2D eigenvalue weighted by atomic mass is 19.1. The van der Waals surface area contributed by atoms with E-state index in [2.05, 4.69) is 0 Å². The lowest BCUT2D eigenvalue weighted by atomic mass is 10.1. The van der Waals surface area contributed by atoms with E-state index in [1.165, 1.54) is 11.0 Å². The van der Waals surface area contributed by atoms with Crippen LogP contribution in [0.4, 0.5) is 10.1 Å². The zero-order valence-electron chi connectivity index (χ0n) is 18.0. The molecule has 0 bridgehead atoms. The van der Waals surface area contributed by atoms with Gasteiger partial charge in [0.1, 0.15) is 30.1 Å². The fourth-order valence-electron chi connectivity index (χ4n) is 4.35. The van der Waals surface area contributed by atoms with Crippen LogP contribution in [0.25, 0.3) is 11.0 Å². The maximum Gasteiger partial charge on any atom is 0.227 e. The number of halogens is 1. The molecule has 1 N–H and O–H groups in total. The van der Waals surface area contributed by atoms with Gasteiger partial charge in [0, 0.05) is 18.9 Å². The molecule has 2 atom stereocenters. The van der Waals surface area contributed by atoms with Gasteiger partial charge in [-0.05, 0) is 36.4 Å². The summed E-state index contributed by atoms with van der Waals surface area (Å²) in [4.78, 5) is 19.0. The number of hydrogen-bond donors (Lipinski definition) is 1. The van der Waals surface area contributed by atoms with Crippen LogP contribution in [0.2, 0.25) is 0 Å². The summed E-state index contributed by atoms with van der Waals surface area (Å²) in [5.41, 5.74) is 1.95. The van der Waals surface area contributed by atoms with Gasteiger partial charge in [0.05, 0.1) is 23.3 Å². The molecule has 168 valence electrons. The first-order chi connectivity index (χ1) is 16.1. The number of rotatable bonds is 7. The van der Waals surface area contributed by atoms with E-state index >= 15 is 0 Å². The van der Waals surface area contributed by atoms with Crippen molar-refractivity contribution in [3.63, 3.8) is 0 Å². The van der Waals surface area contributed by atoms with Gasteiger partial charge in [0.2, 0.25) is 5.91 Å². The van der Waals surface area contributed by atoms with E-state index in [1.54, 1.807) is 18.2 Å². The Kier molecular flexibility index (Phi) is 5.79. The minimum absolute atomic E-state index is 0.126. The van der Waals surface area contributed by atoms with Crippen molar-refractivity contribution in [1.29, 1.82) is 0 Å². The van der Waals surface area contributed by atoms with Crippen LogP contribution in [0.15, 0.2) is 78.9 Å². The zero-order chi connectivity index (χ0) is 22.8. The number of anilines is 1. The van der Waals surface area contributed by atoms with Gasteiger partial charge in [0.25, 0.3) is 0 Å². The molecule has 1 amide bonds. The Morgan fingerprint density at radius 3 is 2.58 bits per heavy atom. The van der Waals surface area contributed by atoms with Crippen molar-refractivity contribution in [1.82, 2.24) is 9.55 Å². The predicted octanol–water partition coefficient (Wildman–Crippen LogP) is 4.14. The minimum Gasteiger partial charge on any atom is -0.491 e. The van der Waals surface area contributed by atoms with E-state index in [1.807, 2.05) is 59.2 Å². The van der Waals surface area contributed by atoms with Crippen LogP contribution in [0.3, 0.4) is 0 Å². The van der Waals surface area contributed by atoms with Gasteiger partial charge in [-0.3, -0.25) is 4.79 Å². The summed E-state index contributed by atoms with van der Waals surface area (Å²) >= 11 is 0. The van der Waals surface area contributed by atoms with Gasteiger partial charge in [-0.1, -0.05) is 42.5 Å². The van der Waals surface area contributed by atoms with E-state index in [0.29, 0.717) is 18.1 Å². The Hall–Kier alpha value is -3.71. The molecule has 0 aliphatic carbocycles. The Morgan fingerprint density at radius 1 is 1.03 bits per heavy atom. The number of carbonyl (C=O) groups excluding carboxylic acids is 1. The van der Waals surface area contributed by atoms with Crippen LogP contribution in [0.5, 0.6) is 5.75 Å². The number of fused-ring (bicyclic) bond motifs is 1. The maximum atomic E-state index is 14.3. The van der Waals surface area contributed by atoms with Crippen LogP contribution in [-0.2, 0) is 11.3 Å². The van der Waals surface area contributed by atoms with Gasteiger partial charge in [-0.2, -0.15) is 0 Å². The summed E-state index contributed by atoms with van der Waals surface area (Å²) < 4.78 is 22.0. The van der Waals surface area contributed by atoms with Crippen LogP contribution in [0, 0.1) is 5.82 Å². The molecule has 0 saturated carbocycles. The second-order valence-electron chi connectivity index (χ2n) is 8.20. The Bertz CT molecular complexity index is 1270. The number of aliphatic hydroxyl groups is 1. The fraction of sp³-hybridized carbons (Fsp3) is 0.231. The molecule has 0 unspecified atom stereocenters. The van der Waals surface area contributed by atoms with Gasteiger partial charge in [-0.15, -0.1) is 0 Å². The Labute approximate surface area is 190 Å². The van der Waals surface area contributed by atoms with E-state index < -0.39 is 11.9 Å². The van der Waals surface area contributed by atoms with Crippen molar-refractivity contribution in [2.24, 2.45) is 0 Å². The number of nitrogens with zero attached hydrogens (tertiary/aromatic N) is 3. The fourth-order valence-corrected chi connectivity index (χ4v) is 4.35. The zero-order valence-corrected chi connectivity index (χ0v) is 18.0. The van der Waals surface area contributed by atoms with Gasteiger partial charge in [0.15, 0.2) is 0 Å². The number of carbonyl (C=O) groups is 1. The van der Waals surface area contributed by atoms with E-state index in [0.717, 1.165) is 11.0 Å². The van der Waals surface area contributed by atoms with Crippen LogP contribution >= 0.6 is 0 Å². The third-order valence-corrected chi connectivity index (χ3v) is 5.90. The summed E-state index contributed by atoms with van der Waals surface area (Å²) in [7, 11) is 0. The normalized spacial score (nSPS) is 17.0. The molecule has 3 aromatic carbocycles. The quantitative estimate of drug-likeness (QED) is 0.464. The van der Waals surface area contributed by atoms with Crippen LogP contribution in [-0.4, -0.2) is 39.8 Å². The summed E-state index contributed by atoms with van der Waals surface area (Å²) in [5.74, 6) is 0.619. The Balaban J connectivity index is 1.40. The molecule has 1 aromatic heterocycles. The first-order valence-corrected chi connectivity index (χ1v) is 11.0. The first kappa shape index (κ1) is 21.2. The summed E-state index contributed by atoms with van der Waals surface area (Å²) in [6, 6.07) is 23.3. The number of benzene rings is 3. The number of imidazole rings is 1. The lowest BCUT2D eigenvalue weighted by Crippen LogP contribution is -2.27. The van der Waals surface area contributed by atoms with Gasteiger partial charge < -0.3 is 19.3 Å². The SMILES string of the molecule is O=C1C[C@H](c2nc3ccccc3n2C[C@H](O)COc2ccccc2)CN1c1ccccc1F. The summed E-state index contributed by atoms with van der Waals surface area (Å²) in [6.45, 7) is 0.730. The largest absolute Gasteiger partial charge is 0.491 e. The Morgan fingerprint density at radius 2 is 1.76 bits per heavy atom. The van der Waals surface area contributed by atoms with Crippen molar-refractivity contribution in [2.45, 2.75) is 25.0 Å². The van der Waals surface area contributed by atoms with E-state index in [9.17, 15) is 14.3 Å². The van der Waals surface area contributed by atoms with Crippen molar-refractivity contribution >= 4 is 22.6 Å². The van der Waals surface area contributed by atoms with Gasteiger partial charge in [-0.25, -0.2) is 9.37 Å². The maximum absolute atomic E-state index is 14.3. The highest BCUT2D eigenvalue weighted by Crippen LogP contribution is 2.34. The summed E-state index contributed by atoms with van der Waals surface area (Å²) in [5, 5.41) is 10.7. The number of hydrogen-bond acceptors (Lipinski definition) is 4. The van der Waals surface area contributed by atoms with Gasteiger partial charge >= 0.3 is 0 Å². The van der Waals surface area contributed by atoms with E-state index in [4.69, 9.17) is 9.72 Å². The molecule has 7 heteroatoms. The van der Waals surface area contributed by atoms with Crippen molar-refractivity contribution in [2.75, 3.05) is 18.1 Å². The molecule has 1 fully saturated rings. The lowest BCUT2D eigenvalue weighted by molar-refractivity contribution is -0.117. The number of ether oxygens (including phenoxy) is 1. The molecule has 1 saturated heterocycles. The average molecular weight is 445 g/mol. The standard InChI is InChI=1S/C26H24FN3O3/c27-21-10-4-6-12-23(21)29-15-18(14-25(29)32)26-28-22-11-5-7-13-24(22)30(26)16-19(31)17-33-20-8-2-1-3-9-20/h1-13,18-19,31H,14-17H2/t18-,19-/m0/s1. The smallest absolute Gasteiger partial charge is 0.227 e. The molecule has 0 radical (unpaired) electrons. The first-order valence-electron chi connectivity index (χ1n) is 11.0. The third kappa shape index (κ3) is 4.32. The molecule has 6 nitrogen and oxygen atoms in total. The third-order valence-electron chi connectivity index (χ3n) is 5.90. The molecule has 0 spiro atoms. The van der Waals surface area contributed by atoms with E-state index in [-0.39, 0.29) is 37.1 Å². The predicted molar refractivity (Wildman–Crippen MR) is 124 cm³/mol. The second kappa shape index (κ2) is 9.03. The minimum atomic E-state index is -0.777. The summed E-state index contributed by atoms with van der Waals surface area (Å²) in [6.07, 6.45) is -0.546. The monoisotopic (exact) mass is 445 g/mol. The topological polar surface area (TPSA) is 67.6 Å². The van der Waals surface area contributed by atoms with Crippen molar-refractivity contribution in [3.05, 3.63) is 90.5 Å². The highest BCUT2D eigenvalue weighted by Gasteiger charge is 2.36.